The molecule has 5 rings (SSSR count). The van der Waals surface area contributed by atoms with Crippen molar-refractivity contribution in [1.82, 2.24) is 4.98 Å². The van der Waals surface area contributed by atoms with E-state index in [9.17, 15) is 14.0 Å². The predicted molar refractivity (Wildman–Crippen MR) is 136 cm³/mol. The molecule has 0 amide bonds. The molecule has 3 atom stereocenters. The van der Waals surface area contributed by atoms with Crippen LogP contribution >= 0.6 is 0 Å². The molecule has 2 aromatic carbocycles. The van der Waals surface area contributed by atoms with Crippen LogP contribution in [0.4, 0.5) is 4.39 Å². The van der Waals surface area contributed by atoms with E-state index in [4.69, 9.17) is 14.2 Å². The number of rotatable bonds is 8. The third-order valence-corrected chi connectivity index (χ3v) is 7.57. The van der Waals surface area contributed by atoms with Gasteiger partial charge in [0.2, 0.25) is 5.88 Å². The molecule has 1 aliphatic heterocycles. The number of hydrogen-bond acceptors (Lipinski definition) is 6. The van der Waals surface area contributed by atoms with E-state index in [-0.39, 0.29) is 35.4 Å². The number of benzene rings is 2. The lowest BCUT2D eigenvalue weighted by molar-refractivity contribution is -0.145. The van der Waals surface area contributed by atoms with Crippen molar-refractivity contribution in [2.24, 2.45) is 11.8 Å². The molecular weight excluding hydrogens is 473 g/mol. The van der Waals surface area contributed by atoms with Gasteiger partial charge in [-0.25, -0.2) is 9.37 Å². The Morgan fingerprint density at radius 1 is 1.11 bits per heavy atom. The Hall–Kier alpha value is -3.74. The molecule has 3 aromatic rings. The maximum Gasteiger partial charge on any atom is 0.309 e. The number of halogens is 1. The molecule has 0 radical (unpaired) electrons. The van der Waals surface area contributed by atoms with Gasteiger partial charge in [0.05, 0.1) is 26.3 Å². The Balaban J connectivity index is 1.43. The van der Waals surface area contributed by atoms with Crippen LogP contribution in [0.15, 0.2) is 48.7 Å². The second-order valence-electron chi connectivity index (χ2n) is 9.86. The van der Waals surface area contributed by atoms with Gasteiger partial charge in [0.1, 0.15) is 17.7 Å². The summed E-state index contributed by atoms with van der Waals surface area (Å²) in [5.41, 5.74) is 4.16. The van der Waals surface area contributed by atoms with Gasteiger partial charge in [-0.05, 0) is 71.9 Å². The van der Waals surface area contributed by atoms with Gasteiger partial charge in [-0.15, -0.1) is 0 Å². The summed E-state index contributed by atoms with van der Waals surface area (Å²) in [6.45, 7) is 1.93. The predicted octanol–water partition coefficient (Wildman–Crippen LogP) is 6.08. The van der Waals surface area contributed by atoms with Gasteiger partial charge < -0.3 is 14.2 Å². The average Bonchev–Trinajstić information content (AvgIpc) is 3.77. The molecule has 2 aliphatic rings. The normalized spacial score (nSPS) is 18.2. The van der Waals surface area contributed by atoms with Crippen molar-refractivity contribution in [3.8, 4) is 22.8 Å². The Morgan fingerprint density at radius 3 is 2.62 bits per heavy atom. The summed E-state index contributed by atoms with van der Waals surface area (Å²) in [6, 6.07) is 13.1. The number of ether oxygens (including phenoxy) is 3. The summed E-state index contributed by atoms with van der Waals surface area (Å²) in [5.74, 6) is 0.683. The van der Waals surface area contributed by atoms with Crippen molar-refractivity contribution in [2.45, 2.75) is 44.6 Å². The number of hydrogen-bond donors (Lipinski definition) is 0. The van der Waals surface area contributed by atoms with Crippen LogP contribution in [0, 0.1) is 17.7 Å². The van der Waals surface area contributed by atoms with Crippen molar-refractivity contribution < 1.29 is 28.2 Å². The smallest absolute Gasteiger partial charge is 0.309 e. The Labute approximate surface area is 215 Å². The quantitative estimate of drug-likeness (QED) is 0.274. The summed E-state index contributed by atoms with van der Waals surface area (Å²) in [5, 5.41) is 0. The Bertz CT molecular complexity index is 1340. The zero-order valence-electron chi connectivity index (χ0n) is 21.2. The van der Waals surface area contributed by atoms with Crippen LogP contribution in [0.1, 0.15) is 65.3 Å². The standard InChI is InChI=1S/C30H30FNO5/c1-17(30(34)36-3)29(19-5-6-19)21-7-4-18-9-11-26(37-27(18)13-21)20-8-10-23(22(12-20)16-33)24-14-28(35-2)32-15-25(24)31/h4,7-8,10,12-17,19,26,29H,5-6,9,11H2,1-3H3/t17?,26-,29?/m0/s1. The lowest BCUT2D eigenvalue weighted by Crippen LogP contribution is -2.23. The second kappa shape index (κ2) is 10.3. The first-order chi connectivity index (χ1) is 17.9. The van der Waals surface area contributed by atoms with E-state index in [2.05, 4.69) is 23.2 Å². The molecule has 192 valence electrons. The van der Waals surface area contributed by atoms with Crippen molar-refractivity contribution in [2.75, 3.05) is 14.2 Å². The number of fused-ring (bicyclic) bond motifs is 1. The minimum Gasteiger partial charge on any atom is -0.485 e. The van der Waals surface area contributed by atoms with E-state index in [0.717, 1.165) is 60.6 Å². The van der Waals surface area contributed by atoms with E-state index in [1.807, 2.05) is 13.0 Å². The third kappa shape index (κ3) is 4.95. The Morgan fingerprint density at radius 2 is 1.92 bits per heavy atom. The zero-order chi connectivity index (χ0) is 26.1. The summed E-state index contributed by atoms with van der Waals surface area (Å²) in [7, 11) is 2.89. The fourth-order valence-corrected chi connectivity index (χ4v) is 5.45. The van der Waals surface area contributed by atoms with E-state index in [1.165, 1.54) is 20.3 Å². The van der Waals surface area contributed by atoms with Crippen LogP contribution in [0.2, 0.25) is 0 Å². The molecule has 37 heavy (non-hydrogen) atoms. The third-order valence-electron chi connectivity index (χ3n) is 7.57. The van der Waals surface area contributed by atoms with E-state index in [1.54, 1.807) is 12.1 Å². The molecular formula is C30H30FNO5. The monoisotopic (exact) mass is 503 g/mol. The van der Waals surface area contributed by atoms with Gasteiger partial charge >= 0.3 is 5.97 Å². The number of carbonyl (C=O) groups excluding carboxylic acids is 2. The number of aldehydes is 1. The van der Waals surface area contributed by atoms with Gasteiger partial charge in [0, 0.05) is 17.2 Å². The first-order valence-corrected chi connectivity index (χ1v) is 12.6. The lowest BCUT2D eigenvalue weighted by atomic mass is 9.82. The highest BCUT2D eigenvalue weighted by Gasteiger charge is 2.39. The number of esters is 1. The van der Waals surface area contributed by atoms with Crippen LogP contribution in [0.25, 0.3) is 11.1 Å². The van der Waals surface area contributed by atoms with Crippen LogP contribution in [0.5, 0.6) is 11.6 Å². The van der Waals surface area contributed by atoms with Gasteiger partial charge in [0.25, 0.3) is 0 Å². The largest absolute Gasteiger partial charge is 0.485 e. The molecule has 0 saturated heterocycles. The number of aromatic nitrogens is 1. The van der Waals surface area contributed by atoms with Gasteiger partial charge in [-0.1, -0.05) is 31.2 Å². The van der Waals surface area contributed by atoms with E-state index in [0.29, 0.717) is 17.0 Å². The molecule has 2 unspecified atom stereocenters. The van der Waals surface area contributed by atoms with Crippen molar-refractivity contribution >= 4 is 12.3 Å². The topological polar surface area (TPSA) is 74.7 Å². The first kappa shape index (κ1) is 24.9. The van der Waals surface area contributed by atoms with Crippen LogP contribution in [-0.2, 0) is 16.0 Å². The maximum absolute atomic E-state index is 14.5. The van der Waals surface area contributed by atoms with Gasteiger partial charge in [-0.2, -0.15) is 0 Å². The molecule has 1 saturated carbocycles. The van der Waals surface area contributed by atoms with Gasteiger partial charge in [-0.3, -0.25) is 9.59 Å². The first-order valence-electron chi connectivity index (χ1n) is 12.6. The molecule has 2 heterocycles. The van der Waals surface area contributed by atoms with Crippen molar-refractivity contribution in [3.05, 3.63) is 76.7 Å². The van der Waals surface area contributed by atoms with Crippen LogP contribution < -0.4 is 9.47 Å². The van der Waals surface area contributed by atoms with Crippen molar-refractivity contribution in [3.63, 3.8) is 0 Å². The summed E-state index contributed by atoms with van der Waals surface area (Å²) in [4.78, 5) is 28.2. The Kier molecular flexibility index (Phi) is 6.96. The number of pyridine rings is 1. The number of methoxy groups -OCH3 is 2. The molecule has 7 heteroatoms. The van der Waals surface area contributed by atoms with Gasteiger partial charge in [0.15, 0.2) is 6.29 Å². The number of carbonyl (C=O) groups is 2. The number of nitrogens with zero attached hydrogens (tertiary/aromatic N) is 1. The molecule has 0 bridgehead atoms. The van der Waals surface area contributed by atoms with Crippen LogP contribution in [0.3, 0.4) is 0 Å². The summed E-state index contributed by atoms with van der Waals surface area (Å²) in [6.07, 6.45) is 5.38. The van der Waals surface area contributed by atoms with E-state index < -0.39 is 5.82 Å². The highest BCUT2D eigenvalue weighted by molar-refractivity contribution is 5.88. The molecule has 1 aliphatic carbocycles. The summed E-state index contributed by atoms with van der Waals surface area (Å²) >= 11 is 0. The fraction of sp³-hybridized carbons (Fsp3) is 0.367. The van der Waals surface area contributed by atoms with Crippen molar-refractivity contribution in [1.29, 1.82) is 0 Å². The lowest BCUT2D eigenvalue weighted by Gasteiger charge is -2.29. The zero-order valence-corrected chi connectivity index (χ0v) is 21.2. The van der Waals surface area contributed by atoms with E-state index >= 15 is 0 Å². The van der Waals surface area contributed by atoms with Crippen LogP contribution in [-0.4, -0.2) is 31.5 Å². The second-order valence-corrected chi connectivity index (χ2v) is 9.86. The maximum atomic E-state index is 14.5. The molecule has 0 spiro atoms. The fourth-order valence-electron chi connectivity index (χ4n) is 5.45. The summed E-state index contributed by atoms with van der Waals surface area (Å²) < 4.78 is 31.1. The molecule has 0 N–H and O–H groups in total. The average molecular weight is 504 g/mol. The SMILES string of the molecule is COC(=O)C(C)C(c1ccc2c(c1)O[C@H](c1ccc(-c3cc(OC)ncc3F)c(C=O)c1)CC2)C1CC1. The molecule has 1 aromatic heterocycles. The number of aryl methyl sites for hydroxylation is 1. The minimum atomic E-state index is -0.529. The highest BCUT2D eigenvalue weighted by Crippen LogP contribution is 2.48. The molecule has 6 nitrogen and oxygen atoms in total. The molecule has 1 fully saturated rings. The highest BCUT2D eigenvalue weighted by atomic mass is 19.1. The minimum absolute atomic E-state index is 0.0925.